The largest absolute Gasteiger partial charge is 0.382 e. The van der Waals surface area contributed by atoms with E-state index in [0.29, 0.717) is 6.42 Å². The van der Waals surface area contributed by atoms with Crippen molar-refractivity contribution < 1.29 is 9.59 Å². The van der Waals surface area contributed by atoms with E-state index in [1.54, 1.807) is 13.8 Å². The predicted molar refractivity (Wildman–Crippen MR) is 82.8 cm³/mol. The number of hydrogen-bond acceptors (Lipinski definition) is 4. The van der Waals surface area contributed by atoms with Gasteiger partial charge in [0.25, 0.3) is 5.91 Å². The molecule has 1 unspecified atom stereocenters. The second kappa shape index (κ2) is 7.67. The zero-order valence-corrected chi connectivity index (χ0v) is 13.4. The first kappa shape index (κ1) is 19.0. The quantitative estimate of drug-likeness (QED) is 0.806. The number of aromatic nitrogens is 1. The van der Waals surface area contributed by atoms with Crippen molar-refractivity contribution in [1.82, 2.24) is 10.3 Å². The lowest BCUT2D eigenvalue weighted by molar-refractivity contribution is -0.122. The van der Waals surface area contributed by atoms with Gasteiger partial charge in [0, 0.05) is 6.20 Å². The molecule has 1 aromatic heterocycles. The van der Waals surface area contributed by atoms with E-state index in [2.05, 4.69) is 10.3 Å². The Morgan fingerprint density at radius 3 is 2.55 bits per heavy atom. The van der Waals surface area contributed by atoms with E-state index in [4.69, 9.17) is 28.9 Å². The van der Waals surface area contributed by atoms with Gasteiger partial charge in [-0.3, -0.25) is 9.59 Å². The SMILES string of the molecule is CCC(C)(NC(=O)c1cnc(N)c(Cl)c1)C(=O)CCl.Cl. The Hall–Kier alpha value is -1.04. The van der Waals surface area contributed by atoms with Crippen LogP contribution in [0.3, 0.4) is 0 Å². The van der Waals surface area contributed by atoms with Crippen molar-refractivity contribution in [2.45, 2.75) is 25.8 Å². The number of hydrogen-bond donors (Lipinski definition) is 2. The zero-order valence-electron chi connectivity index (χ0n) is 11.1. The summed E-state index contributed by atoms with van der Waals surface area (Å²) in [6.07, 6.45) is 1.73. The fourth-order valence-corrected chi connectivity index (χ4v) is 1.86. The van der Waals surface area contributed by atoms with Crippen molar-refractivity contribution >= 4 is 53.1 Å². The van der Waals surface area contributed by atoms with Crippen molar-refractivity contribution in [3.63, 3.8) is 0 Å². The van der Waals surface area contributed by atoms with E-state index in [0.717, 1.165) is 0 Å². The van der Waals surface area contributed by atoms with E-state index in [1.807, 2.05) is 0 Å². The van der Waals surface area contributed by atoms with Crippen molar-refractivity contribution in [2.75, 3.05) is 11.6 Å². The summed E-state index contributed by atoms with van der Waals surface area (Å²) in [6.45, 7) is 3.42. The van der Waals surface area contributed by atoms with Crippen molar-refractivity contribution in [1.29, 1.82) is 0 Å². The standard InChI is InChI=1S/C12H15Cl2N3O2.ClH/c1-3-12(2,9(18)5-13)17-11(19)7-4-8(14)10(15)16-6-7;/h4,6H,3,5H2,1-2H3,(H2,15,16)(H,17,19);1H. The summed E-state index contributed by atoms with van der Waals surface area (Å²) >= 11 is 11.3. The molecule has 1 amide bonds. The minimum atomic E-state index is -1.01. The minimum absolute atomic E-state index is 0. The first-order chi connectivity index (χ1) is 8.84. The molecular weight excluding hydrogens is 325 g/mol. The third-order valence-corrected chi connectivity index (χ3v) is 3.51. The first-order valence-corrected chi connectivity index (χ1v) is 6.58. The molecule has 5 nitrogen and oxygen atoms in total. The normalized spacial score (nSPS) is 13.0. The van der Waals surface area contributed by atoms with Gasteiger partial charge in [0.15, 0.2) is 5.78 Å². The maximum atomic E-state index is 12.1. The Labute approximate surface area is 133 Å². The summed E-state index contributed by atoms with van der Waals surface area (Å²) in [7, 11) is 0. The van der Waals surface area contributed by atoms with E-state index in [-0.39, 0.29) is 40.5 Å². The van der Waals surface area contributed by atoms with Crippen LogP contribution in [0.5, 0.6) is 0 Å². The molecule has 0 saturated carbocycles. The van der Waals surface area contributed by atoms with Crippen LogP contribution in [0.2, 0.25) is 5.02 Å². The lowest BCUT2D eigenvalue weighted by Crippen LogP contribution is -2.52. The van der Waals surface area contributed by atoms with Crippen LogP contribution in [-0.2, 0) is 4.79 Å². The average Bonchev–Trinajstić information content (AvgIpc) is 2.40. The van der Waals surface area contributed by atoms with Crippen LogP contribution in [0.15, 0.2) is 12.3 Å². The van der Waals surface area contributed by atoms with Crippen LogP contribution in [0.1, 0.15) is 30.6 Å². The van der Waals surface area contributed by atoms with Crippen molar-refractivity contribution in [2.24, 2.45) is 0 Å². The van der Waals surface area contributed by atoms with E-state index in [9.17, 15) is 9.59 Å². The molecule has 8 heteroatoms. The molecule has 112 valence electrons. The Morgan fingerprint density at radius 1 is 1.50 bits per heavy atom. The molecule has 3 N–H and O–H groups in total. The number of ketones is 1. The number of rotatable bonds is 5. The molecule has 0 radical (unpaired) electrons. The maximum Gasteiger partial charge on any atom is 0.253 e. The number of nitrogens with two attached hydrogens (primary N) is 1. The molecule has 1 heterocycles. The lowest BCUT2D eigenvalue weighted by Gasteiger charge is -2.27. The Morgan fingerprint density at radius 2 is 2.10 bits per heavy atom. The van der Waals surface area contributed by atoms with Crippen LogP contribution in [0.25, 0.3) is 0 Å². The van der Waals surface area contributed by atoms with Gasteiger partial charge >= 0.3 is 0 Å². The molecule has 1 atom stereocenters. The van der Waals surface area contributed by atoms with E-state index >= 15 is 0 Å². The van der Waals surface area contributed by atoms with Crippen LogP contribution >= 0.6 is 35.6 Å². The number of alkyl halides is 1. The smallest absolute Gasteiger partial charge is 0.253 e. The maximum absolute atomic E-state index is 12.1. The van der Waals surface area contributed by atoms with Gasteiger partial charge in [-0.1, -0.05) is 18.5 Å². The predicted octanol–water partition coefficient (Wildman–Crippen LogP) is 2.45. The Balaban J connectivity index is 0.00000361. The fraction of sp³-hybridized carbons (Fsp3) is 0.417. The zero-order chi connectivity index (χ0) is 14.6. The molecule has 0 spiro atoms. The molecule has 0 bridgehead atoms. The number of nitrogen functional groups attached to an aromatic ring is 1. The molecular formula is C12H16Cl3N3O2. The van der Waals surface area contributed by atoms with E-state index in [1.165, 1.54) is 12.3 Å². The van der Waals surface area contributed by atoms with Crippen molar-refractivity contribution in [3.05, 3.63) is 22.8 Å². The number of carbonyl (C=O) groups is 2. The van der Waals surface area contributed by atoms with Gasteiger partial charge in [-0.15, -0.1) is 24.0 Å². The number of carbonyl (C=O) groups excluding carboxylic acids is 2. The third-order valence-electron chi connectivity index (χ3n) is 2.97. The lowest BCUT2D eigenvalue weighted by atomic mass is 9.93. The molecule has 0 aliphatic rings. The minimum Gasteiger partial charge on any atom is -0.382 e. The van der Waals surface area contributed by atoms with Gasteiger partial charge in [-0.05, 0) is 19.4 Å². The monoisotopic (exact) mass is 339 g/mol. The summed E-state index contributed by atoms with van der Waals surface area (Å²) in [6, 6.07) is 1.40. The highest BCUT2D eigenvalue weighted by Crippen LogP contribution is 2.18. The van der Waals surface area contributed by atoms with Crippen LogP contribution in [-0.4, -0.2) is 28.1 Å². The summed E-state index contributed by atoms with van der Waals surface area (Å²) in [5.41, 5.74) is 4.70. The highest BCUT2D eigenvalue weighted by atomic mass is 35.5. The van der Waals surface area contributed by atoms with Crippen LogP contribution in [0, 0.1) is 0 Å². The molecule has 0 aliphatic carbocycles. The van der Waals surface area contributed by atoms with Gasteiger partial charge in [0.2, 0.25) is 0 Å². The van der Waals surface area contributed by atoms with Crippen LogP contribution in [0.4, 0.5) is 5.82 Å². The van der Waals surface area contributed by atoms with Crippen LogP contribution < -0.4 is 11.1 Å². The molecule has 0 aliphatic heterocycles. The van der Waals surface area contributed by atoms with E-state index < -0.39 is 11.4 Å². The fourth-order valence-electron chi connectivity index (χ4n) is 1.40. The number of nitrogens with zero attached hydrogens (tertiary/aromatic N) is 1. The second-order valence-electron chi connectivity index (χ2n) is 4.29. The average molecular weight is 341 g/mol. The highest BCUT2D eigenvalue weighted by Gasteiger charge is 2.32. The number of pyridine rings is 1. The van der Waals surface area contributed by atoms with Gasteiger partial charge in [0.1, 0.15) is 5.82 Å². The number of Topliss-reactive ketones (excluding diaryl/α,β-unsaturated/α-hetero) is 1. The first-order valence-electron chi connectivity index (χ1n) is 5.67. The Kier molecular flexibility index (Phi) is 7.27. The summed E-state index contributed by atoms with van der Waals surface area (Å²) < 4.78 is 0. The molecule has 0 fully saturated rings. The Bertz CT molecular complexity index is 511. The third kappa shape index (κ3) is 4.23. The summed E-state index contributed by atoms with van der Waals surface area (Å²) in [5.74, 6) is -0.712. The molecule has 1 aromatic rings. The number of halogens is 3. The van der Waals surface area contributed by atoms with Gasteiger partial charge in [-0.25, -0.2) is 4.98 Å². The molecule has 0 saturated heterocycles. The summed E-state index contributed by atoms with van der Waals surface area (Å²) in [5, 5.41) is 2.83. The molecule has 1 rings (SSSR count). The molecule has 0 aromatic carbocycles. The number of nitrogens with one attached hydrogen (secondary N) is 1. The van der Waals surface area contributed by atoms with Gasteiger partial charge in [-0.2, -0.15) is 0 Å². The molecule has 20 heavy (non-hydrogen) atoms. The number of anilines is 1. The summed E-state index contributed by atoms with van der Waals surface area (Å²) in [4.78, 5) is 27.6. The van der Waals surface area contributed by atoms with Gasteiger partial charge < -0.3 is 11.1 Å². The van der Waals surface area contributed by atoms with Crippen molar-refractivity contribution in [3.8, 4) is 0 Å². The topological polar surface area (TPSA) is 85.1 Å². The highest BCUT2D eigenvalue weighted by molar-refractivity contribution is 6.33. The van der Waals surface area contributed by atoms with Gasteiger partial charge in [0.05, 0.1) is 22.0 Å². The number of amides is 1. The second-order valence-corrected chi connectivity index (χ2v) is 4.96.